The SMILES string of the molecule is CCOCCOCCOCCOc1ccc(CC(C(=O)O)N2CCN(CC(=O)O)CCN(C(CO)C(=O)O)CCN(CC(=O)O)CC2)cc1.[Gd]. The van der Waals surface area contributed by atoms with Gasteiger partial charge in [0.1, 0.15) is 24.4 Å². The Kier molecular flexibility index (Phi) is 24.5. The monoisotopic (exact) mass is 858 g/mol. The summed E-state index contributed by atoms with van der Waals surface area (Å²) in [6, 6.07) is 4.79. The molecule has 18 heteroatoms. The van der Waals surface area contributed by atoms with Gasteiger partial charge in [-0.1, -0.05) is 12.1 Å². The molecule has 1 aromatic rings. The number of ether oxygens (including phenoxy) is 4. The van der Waals surface area contributed by atoms with Gasteiger partial charge in [-0.2, -0.15) is 0 Å². The molecule has 1 fully saturated rings. The molecule has 0 saturated carbocycles. The van der Waals surface area contributed by atoms with E-state index in [0.717, 1.165) is 5.56 Å². The third kappa shape index (κ3) is 18.9. The maximum absolute atomic E-state index is 12.6. The number of aliphatic hydroxyl groups is 1. The Morgan fingerprint density at radius 3 is 1.46 bits per heavy atom. The Labute approximate surface area is 324 Å². The molecule has 0 radical (unpaired) electrons. The van der Waals surface area contributed by atoms with Crippen LogP contribution in [0.5, 0.6) is 5.75 Å². The zero-order valence-electron chi connectivity index (χ0n) is 28.5. The van der Waals surface area contributed by atoms with Crippen LogP contribution in [0.2, 0.25) is 0 Å². The number of hydrogen-bond donors (Lipinski definition) is 5. The minimum atomic E-state index is -1.25. The molecule has 0 spiro atoms. The molecule has 5 N–H and O–H groups in total. The number of nitrogens with zero attached hydrogens (tertiary/aromatic N) is 4. The quantitative estimate of drug-likeness (QED) is 0.0881. The standard InChI is InChI=1S/C32H52N4O13.Gd/c1-2-46-15-16-47-17-18-48-19-20-49-26-5-3-25(4-6-26)21-27(31(42)43)35-11-7-33(22-29(38)39)9-13-36(28(24-37)32(44)45)14-10-34(8-12-35)23-30(40)41;/h3-6,27-28,37H,2,7-24H2,1H3,(H,38,39)(H,40,41)(H,42,43)(H,44,45);. The van der Waals surface area contributed by atoms with E-state index in [4.69, 9.17) is 18.9 Å². The predicted molar refractivity (Wildman–Crippen MR) is 175 cm³/mol. The molecular formula is C32H52GdN4O13. The summed E-state index contributed by atoms with van der Waals surface area (Å²) in [6.07, 6.45) is 0.129. The Morgan fingerprint density at radius 1 is 0.640 bits per heavy atom. The fraction of sp³-hybridized carbons (Fsp3) is 0.688. The van der Waals surface area contributed by atoms with Crippen molar-refractivity contribution in [3.8, 4) is 5.75 Å². The van der Waals surface area contributed by atoms with E-state index in [9.17, 15) is 44.7 Å². The third-order valence-electron chi connectivity index (χ3n) is 7.95. The molecular weight excluding hydrogens is 806 g/mol. The van der Waals surface area contributed by atoms with E-state index in [1.807, 2.05) is 6.92 Å². The van der Waals surface area contributed by atoms with Crippen molar-refractivity contribution < 1.29 is 104 Å². The number of carbonyl (C=O) groups is 4. The molecule has 1 aliphatic rings. The van der Waals surface area contributed by atoms with E-state index in [-0.39, 0.29) is 112 Å². The van der Waals surface area contributed by atoms with Crippen molar-refractivity contribution in [2.75, 3.05) is 118 Å². The third-order valence-corrected chi connectivity index (χ3v) is 7.95. The summed E-state index contributed by atoms with van der Waals surface area (Å²) in [5.41, 5.74) is 0.732. The Bertz CT molecular complexity index is 1100. The topological polar surface area (TPSA) is 219 Å². The number of hydrogen-bond acceptors (Lipinski definition) is 13. The average Bonchev–Trinajstić information content (AvgIpc) is 3.04. The van der Waals surface area contributed by atoms with E-state index < -0.39 is 42.6 Å². The molecule has 1 heterocycles. The number of aliphatic hydroxyl groups excluding tert-OH is 1. The molecule has 286 valence electrons. The summed E-state index contributed by atoms with van der Waals surface area (Å²) >= 11 is 0. The van der Waals surface area contributed by atoms with Crippen LogP contribution < -0.4 is 4.74 Å². The number of rotatable bonds is 22. The van der Waals surface area contributed by atoms with Crippen molar-refractivity contribution >= 4 is 23.9 Å². The Balaban J connectivity index is 0.0000125. The van der Waals surface area contributed by atoms with Gasteiger partial charge in [0, 0.05) is 98.9 Å². The number of carboxylic acids is 4. The van der Waals surface area contributed by atoms with Crippen LogP contribution in [0.25, 0.3) is 0 Å². The van der Waals surface area contributed by atoms with E-state index in [1.165, 1.54) is 4.90 Å². The molecule has 0 bridgehead atoms. The molecule has 1 aliphatic heterocycles. The van der Waals surface area contributed by atoms with Crippen molar-refractivity contribution in [1.82, 2.24) is 19.6 Å². The van der Waals surface area contributed by atoms with Crippen LogP contribution in [-0.2, 0) is 39.8 Å². The maximum atomic E-state index is 12.6. The van der Waals surface area contributed by atoms with Crippen LogP contribution in [0.3, 0.4) is 0 Å². The molecule has 2 unspecified atom stereocenters. The second-order valence-electron chi connectivity index (χ2n) is 11.4. The Hall–Kier alpha value is -2.10. The van der Waals surface area contributed by atoms with Crippen LogP contribution in [-0.4, -0.2) is 199 Å². The maximum Gasteiger partial charge on any atom is 0.323 e. The molecule has 1 saturated heterocycles. The molecule has 17 nitrogen and oxygen atoms in total. The van der Waals surface area contributed by atoms with E-state index >= 15 is 0 Å². The molecule has 2 atom stereocenters. The molecule has 0 aromatic heterocycles. The van der Waals surface area contributed by atoms with Crippen LogP contribution in [0.4, 0.5) is 0 Å². The summed E-state index contributed by atoms with van der Waals surface area (Å²) in [4.78, 5) is 54.1. The zero-order chi connectivity index (χ0) is 36.0. The van der Waals surface area contributed by atoms with Crippen LogP contribution >= 0.6 is 0 Å². The van der Waals surface area contributed by atoms with E-state index in [1.54, 1.807) is 39.0 Å². The van der Waals surface area contributed by atoms with E-state index in [0.29, 0.717) is 52.0 Å². The van der Waals surface area contributed by atoms with Gasteiger partial charge in [-0.15, -0.1) is 0 Å². The van der Waals surface area contributed by atoms with Gasteiger partial charge in [0.05, 0.1) is 52.7 Å². The van der Waals surface area contributed by atoms with Crippen molar-refractivity contribution in [3.05, 3.63) is 29.8 Å². The van der Waals surface area contributed by atoms with Gasteiger partial charge in [-0.3, -0.25) is 38.8 Å². The fourth-order valence-corrected chi connectivity index (χ4v) is 5.32. The summed E-state index contributed by atoms with van der Waals surface area (Å²) < 4.78 is 21.8. The smallest absolute Gasteiger partial charge is 0.323 e. The van der Waals surface area contributed by atoms with Gasteiger partial charge >= 0.3 is 23.9 Å². The molecule has 50 heavy (non-hydrogen) atoms. The first-order valence-electron chi connectivity index (χ1n) is 16.4. The van der Waals surface area contributed by atoms with E-state index in [2.05, 4.69) is 0 Å². The summed E-state index contributed by atoms with van der Waals surface area (Å²) in [5, 5.41) is 48.7. The largest absolute Gasteiger partial charge is 0.491 e. The molecule has 0 aliphatic carbocycles. The number of aliphatic carboxylic acids is 4. The van der Waals surface area contributed by atoms with Crippen molar-refractivity contribution in [2.45, 2.75) is 25.4 Å². The number of benzene rings is 1. The number of carboxylic acid groups (broad SMARTS) is 4. The van der Waals surface area contributed by atoms with Gasteiger partial charge in [0.15, 0.2) is 0 Å². The van der Waals surface area contributed by atoms with Crippen LogP contribution in [0.15, 0.2) is 24.3 Å². The summed E-state index contributed by atoms with van der Waals surface area (Å²) in [7, 11) is 0. The van der Waals surface area contributed by atoms with Crippen LogP contribution in [0, 0.1) is 39.9 Å². The average molecular weight is 858 g/mol. The van der Waals surface area contributed by atoms with Gasteiger partial charge in [0.25, 0.3) is 0 Å². The van der Waals surface area contributed by atoms with Crippen LogP contribution in [0.1, 0.15) is 12.5 Å². The molecule has 2 rings (SSSR count). The van der Waals surface area contributed by atoms with Crippen molar-refractivity contribution in [3.63, 3.8) is 0 Å². The summed E-state index contributed by atoms with van der Waals surface area (Å²) in [6.45, 7) is 4.91. The fourth-order valence-electron chi connectivity index (χ4n) is 5.32. The van der Waals surface area contributed by atoms with Crippen molar-refractivity contribution in [1.29, 1.82) is 0 Å². The first kappa shape index (κ1) is 45.9. The second-order valence-corrected chi connectivity index (χ2v) is 11.4. The molecule has 0 amide bonds. The minimum absolute atomic E-state index is 0. The first-order chi connectivity index (χ1) is 23.5. The predicted octanol–water partition coefficient (Wildman–Crippen LogP) is -1.03. The van der Waals surface area contributed by atoms with Gasteiger partial charge in [-0.25, -0.2) is 0 Å². The van der Waals surface area contributed by atoms with Crippen molar-refractivity contribution in [2.24, 2.45) is 0 Å². The van der Waals surface area contributed by atoms with Gasteiger partial charge in [-0.05, 0) is 31.0 Å². The van der Waals surface area contributed by atoms with Gasteiger partial charge in [0.2, 0.25) is 0 Å². The minimum Gasteiger partial charge on any atom is -0.491 e. The normalized spacial score (nSPS) is 17.1. The first-order valence-corrected chi connectivity index (χ1v) is 16.4. The second kappa shape index (κ2) is 26.6. The van der Waals surface area contributed by atoms with Gasteiger partial charge < -0.3 is 44.5 Å². The summed E-state index contributed by atoms with van der Waals surface area (Å²) in [5.74, 6) is -3.94. The Morgan fingerprint density at radius 2 is 1.06 bits per heavy atom. The zero-order valence-corrected chi connectivity index (χ0v) is 30.8. The molecule has 1 aromatic carbocycles.